The number of rotatable bonds is 6. The molecule has 0 aliphatic rings. The molecule has 0 aliphatic carbocycles. The number of benzene rings is 1. The van der Waals surface area contributed by atoms with E-state index in [4.69, 9.17) is 15.2 Å². The molecule has 0 radical (unpaired) electrons. The molecule has 4 rings (SSSR count). The summed E-state index contributed by atoms with van der Waals surface area (Å²) in [6, 6.07) is 7.96. The van der Waals surface area contributed by atoms with Crippen LogP contribution in [0.15, 0.2) is 48.9 Å². The van der Waals surface area contributed by atoms with Crippen molar-refractivity contribution in [3.8, 4) is 21.9 Å². The van der Waals surface area contributed by atoms with Crippen LogP contribution in [0.5, 0.6) is 11.5 Å². The Morgan fingerprint density at radius 3 is 2.76 bits per heavy atom. The minimum atomic E-state index is -0.540. The van der Waals surface area contributed by atoms with Crippen molar-refractivity contribution in [1.82, 2.24) is 19.7 Å². The quantitative estimate of drug-likeness (QED) is 0.362. The highest BCUT2D eigenvalue weighted by molar-refractivity contribution is 7.22. The molecule has 10 heteroatoms. The number of hydrogen-bond donors (Lipinski definition) is 1. The molecule has 4 aromatic rings. The molecule has 2 N–H and O–H groups in total. The Hall–Kier alpha value is -3.66. The molecule has 178 valence electrons. The van der Waals surface area contributed by atoms with Crippen LogP contribution in [-0.2, 0) is 11.3 Å². The summed E-state index contributed by atoms with van der Waals surface area (Å²) in [4.78, 5) is 19.0. The van der Waals surface area contributed by atoms with Gasteiger partial charge in [-0.25, -0.2) is 9.18 Å². The Kier molecular flexibility index (Phi) is 6.43. The van der Waals surface area contributed by atoms with Crippen molar-refractivity contribution in [1.29, 1.82) is 0 Å². The van der Waals surface area contributed by atoms with Crippen LogP contribution in [0, 0.1) is 5.82 Å². The van der Waals surface area contributed by atoms with Crippen LogP contribution in [0.1, 0.15) is 20.8 Å². The zero-order valence-electron chi connectivity index (χ0n) is 19.4. The Bertz CT molecular complexity index is 1330. The fourth-order valence-electron chi connectivity index (χ4n) is 3.15. The van der Waals surface area contributed by atoms with Crippen molar-refractivity contribution in [3.63, 3.8) is 0 Å². The summed E-state index contributed by atoms with van der Waals surface area (Å²) >= 11 is 1.48. The maximum Gasteiger partial charge on any atom is 0.410 e. The van der Waals surface area contributed by atoms with Crippen molar-refractivity contribution in [2.75, 3.05) is 19.3 Å². The highest BCUT2D eigenvalue weighted by Crippen LogP contribution is 2.39. The van der Waals surface area contributed by atoms with Crippen LogP contribution >= 0.6 is 11.3 Å². The second kappa shape index (κ2) is 9.30. The largest absolute Gasteiger partial charge is 0.453 e. The Labute approximate surface area is 200 Å². The van der Waals surface area contributed by atoms with Crippen molar-refractivity contribution in [2.24, 2.45) is 0 Å². The number of carbonyl (C=O) groups is 1. The first-order valence-corrected chi connectivity index (χ1v) is 11.5. The number of fused-ring (bicyclic) bond motifs is 1. The summed E-state index contributed by atoms with van der Waals surface area (Å²) in [6.45, 7) is 6.47. The second-order valence-electron chi connectivity index (χ2n) is 8.82. The number of pyridine rings is 1. The number of ether oxygens (including phenoxy) is 2. The van der Waals surface area contributed by atoms with E-state index in [9.17, 15) is 9.18 Å². The number of carbonyl (C=O) groups excluding carboxylic acids is 1. The van der Waals surface area contributed by atoms with Crippen LogP contribution in [0.3, 0.4) is 0 Å². The van der Waals surface area contributed by atoms with Crippen LogP contribution in [0.25, 0.3) is 20.7 Å². The first-order chi connectivity index (χ1) is 16.1. The summed E-state index contributed by atoms with van der Waals surface area (Å²) in [5.41, 5.74) is 7.06. The number of amides is 1. The van der Waals surface area contributed by atoms with E-state index < -0.39 is 11.4 Å². The first kappa shape index (κ1) is 23.5. The lowest BCUT2D eigenvalue weighted by Crippen LogP contribution is -2.35. The molecule has 0 saturated carbocycles. The van der Waals surface area contributed by atoms with Crippen LogP contribution in [-0.4, -0.2) is 45.0 Å². The summed E-state index contributed by atoms with van der Waals surface area (Å²) < 4.78 is 28.0. The number of nitrogen functional groups attached to an aromatic ring is 1. The lowest BCUT2D eigenvalue weighted by atomic mass is 10.2. The number of halogens is 1. The maximum absolute atomic E-state index is 14.2. The molecule has 3 heterocycles. The lowest BCUT2D eigenvalue weighted by Gasteiger charge is -2.24. The molecule has 0 bridgehead atoms. The van der Waals surface area contributed by atoms with E-state index in [-0.39, 0.29) is 11.8 Å². The lowest BCUT2D eigenvalue weighted by molar-refractivity contribution is 0.0292. The van der Waals surface area contributed by atoms with E-state index >= 15 is 0 Å². The van der Waals surface area contributed by atoms with Gasteiger partial charge in [-0.05, 0) is 39.0 Å². The fourth-order valence-corrected chi connectivity index (χ4v) is 4.19. The van der Waals surface area contributed by atoms with E-state index in [0.29, 0.717) is 24.5 Å². The first-order valence-electron chi connectivity index (χ1n) is 10.7. The number of nitrogens with zero attached hydrogens (tertiary/aromatic N) is 4. The predicted molar refractivity (Wildman–Crippen MR) is 131 cm³/mol. The second-order valence-corrected chi connectivity index (χ2v) is 9.87. The molecule has 0 spiro atoms. The van der Waals surface area contributed by atoms with Crippen molar-refractivity contribution in [2.45, 2.75) is 32.9 Å². The number of hydrogen-bond acceptors (Lipinski definition) is 7. The van der Waals surface area contributed by atoms with Crippen molar-refractivity contribution >= 4 is 33.3 Å². The molecule has 34 heavy (non-hydrogen) atoms. The van der Waals surface area contributed by atoms with Crippen LogP contribution in [0.2, 0.25) is 0 Å². The standard InChI is InChI=1S/C24H26FN5O3S/c1-24(2,3)33-23(31)29(4)9-10-30-14-15(13-28-30)21-12-18-22(34-21)20(7-8-27-18)32-19-6-5-16(26)11-17(19)25/h5-8,11-14H,9-10,26H2,1-4H3. The molecular weight excluding hydrogens is 457 g/mol. The highest BCUT2D eigenvalue weighted by Gasteiger charge is 2.19. The summed E-state index contributed by atoms with van der Waals surface area (Å²) in [5.74, 6) is 0.0780. The van der Waals surface area contributed by atoms with Gasteiger partial charge in [-0.3, -0.25) is 9.67 Å². The molecule has 0 saturated heterocycles. The van der Waals surface area contributed by atoms with Crippen LogP contribution in [0.4, 0.5) is 14.9 Å². The summed E-state index contributed by atoms with van der Waals surface area (Å²) in [5, 5.41) is 4.41. The van der Waals surface area contributed by atoms with Gasteiger partial charge < -0.3 is 20.1 Å². The molecule has 8 nitrogen and oxygen atoms in total. The van der Waals surface area contributed by atoms with Gasteiger partial charge in [0.25, 0.3) is 0 Å². The number of nitrogens with two attached hydrogens (primary N) is 1. The van der Waals surface area contributed by atoms with E-state index in [1.165, 1.54) is 28.4 Å². The minimum Gasteiger partial charge on any atom is -0.453 e. The molecule has 3 aromatic heterocycles. The molecule has 0 fully saturated rings. The summed E-state index contributed by atoms with van der Waals surface area (Å²) in [6.07, 6.45) is 4.92. The number of likely N-dealkylation sites (N-methyl/N-ethyl adjacent to an activating group) is 1. The van der Waals surface area contributed by atoms with Gasteiger partial charge in [-0.1, -0.05) is 0 Å². The van der Waals surface area contributed by atoms with E-state index in [1.54, 1.807) is 36.3 Å². The zero-order chi connectivity index (χ0) is 24.5. The molecule has 0 unspecified atom stereocenters. The van der Waals surface area contributed by atoms with Crippen LogP contribution < -0.4 is 10.5 Å². The normalized spacial score (nSPS) is 11.6. The van der Waals surface area contributed by atoms with Gasteiger partial charge in [-0.2, -0.15) is 5.10 Å². The Morgan fingerprint density at radius 1 is 1.24 bits per heavy atom. The highest BCUT2D eigenvalue weighted by atomic mass is 32.1. The Morgan fingerprint density at radius 2 is 2.03 bits per heavy atom. The molecule has 0 aliphatic heterocycles. The SMILES string of the molecule is CN(CCn1cc(-c2cc3nccc(Oc4ccc(N)cc4F)c3s2)cn1)C(=O)OC(C)(C)C. The van der Waals surface area contributed by atoms with Gasteiger partial charge in [0.15, 0.2) is 11.6 Å². The fraction of sp³-hybridized carbons (Fsp3) is 0.292. The predicted octanol–water partition coefficient (Wildman–Crippen LogP) is 5.54. The average molecular weight is 484 g/mol. The van der Waals surface area contributed by atoms with Gasteiger partial charge >= 0.3 is 6.09 Å². The number of anilines is 1. The smallest absolute Gasteiger partial charge is 0.410 e. The van der Waals surface area contributed by atoms with Gasteiger partial charge in [0, 0.05) is 54.2 Å². The minimum absolute atomic E-state index is 0.0959. The summed E-state index contributed by atoms with van der Waals surface area (Å²) in [7, 11) is 1.70. The number of thiophene rings is 1. The zero-order valence-corrected chi connectivity index (χ0v) is 20.2. The molecule has 0 atom stereocenters. The third kappa shape index (κ3) is 5.45. The van der Waals surface area contributed by atoms with E-state index in [0.717, 1.165) is 20.7 Å². The number of aromatic nitrogens is 3. The molecule has 1 amide bonds. The van der Waals surface area contributed by atoms with Crippen molar-refractivity contribution in [3.05, 3.63) is 54.7 Å². The maximum atomic E-state index is 14.2. The van der Waals surface area contributed by atoms with Gasteiger partial charge in [-0.15, -0.1) is 11.3 Å². The third-order valence-electron chi connectivity index (χ3n) is 4.84. The van der Waals surface area contributed by atoms with Gasteiger partial charge in [0.1, 0.15) is 11.4 Å². The van der Waals surface area contributed by atoms with E-state index in [2.05, 4.69) is 10.1 Å². The molecule has 1 aromatic carbocycles. The van der Waals surface area contributed by atoms with E-state index in [1.807, 2.05) is 33.0 Å². The molecular formula is C24H26FN5O3S. The van der Waals surface area contributed by atoms with Gasteiger partial charge in [0.05, 0.1) is 23.0 Å². The average Bonchev–Trinajstić information content (AvgIpc) is 3.40. The Balaban J connectivity index is 1.48. The topological polar surface area (TPSA) is 95.5 Å². The monoisotopic (exact) mass is 483 g/mol. The van der Waals surface area contributed by atoms with Gasteiger partial charge in [0.2, 0.25) is 0 Å². The third-order valence-corrected chi connectivity index (χ3v) is 6.03. The van der Waals surface area contributed by atoms with Crippen molar-refractivity contribution < 1.29 is 18.7 Å².